The number of carbonyl (C=O) groups excluding carboxylic acids is 5. The molecule has 3 fully saturated rings. The Kier molecular flexibility index (Phi) is 14.1. The summed E-state index contributed by atoms with van der Waals surface area (Å²) in [4.78, 5) is 90.5. The average molecular weight is 961 g/mol. The van der Waals surface area contributed by atoms with Crippen molar-refractivity contribution >= 4 is 41.3 Å². The van der Waals surface area contributed by atoms with Crippen LogP contribution >= 0.6 is 0 Å². The molecule has 4 N–H and O–H groups in total. The molecular weight excluding hydrogens is 909 g/mol. The molecule has 0 aromatic heterocycles. The van der Waals surface area contributed by atoms with Crippen LogP contribution in [0.25, 0.3) is 0 Å². The van der Waals surface area contributed by atoms with E-state index in [4.69, 9.17) is 19.9 Å². The molecule has 17 nitrogen and oxygen atoms in total. The van der Waals surface area contributed by atoms with Crippen molar-refractivity contribution in [2.45, 2.75) is 68.4 Å². The van der Waals surface area contributed by atoms with Crippen LogP contribution in [0.4, 0.5) is 21.0 Å². The van der Waals surface area contributed by atoms with Crippen LogP contribution in [0, 0.1) is 27.9 Å². The number of non-ortho nitro benzene ring substituents is 1. The Morgan fingerprint density at radius 2 is 1.51 bits per heavy atom. The Morgan fingerprint density at radius 1 is 0.845 bits per heavy atom. The monoisotopic (exact) mass is 960 g/mol. The van der Waals surface area contributed by atoms with Crippen LogP contribution in [0.3, 0.4) is 0 Å². The van der Waals surface area contributed by atoms with Crippen molar-refractivity contribution in [1.29, 1.82) is 0 Å². The largest absolute Gasteiger partial charge is 0.491 e. The lowest BCUT2D eigenvalue weighted by Gasteiger charge is -2.46. The van der Waals surface area contributed by atoms with Crippen LogP contribution in [0.1, 0.15) is 83.7 Å². The number of amides is 5. The average Bonchev–Trinajstić information content (AvgIpc) is 3.82. The highest BCUT2D eigenvalue weighted by molar-refractivity contribution is 6.23. The number of hydrogen-bond acceptors (Lipinski definition) is 12. The molecule has 1 spiro atoms. The first kappa shape index (κ1) is 48.0. The highest BCUT2D eigenvalue weighted by atomic mass is 16.6. The smallest absolute Gasteiger partial charge is 0.421 e. The van der Waals surface area contributed by atoms with Crippen LogP contribution in [-0.4, -0.2) is 88.6 Å². The Balaban J connectivity index is 1.33. The lowest BCUT2D eigenvalue weighted by molar-refractivity contribution is -0.384. The molecule has 3 saturated heterocycles. The summed E-state index contributed by atoms with van der Waals surface area (Å²) in [7, 11) is 0. The molecule has 5 aromatic rings. The minimum Gasteiger partial charge on any atom is -0.491 e. The zero-order valence-corrected chi connectivity index (χ0v) is 38.7. The maximum absolute atomic E-state index is 16.7. The van der Waals surface area contributed by atoms with Gasteiger partial charge in [-0.3, -0.25) is 29.4 Å². The van der Waals surface area contributed by atoms with E-state index < -0.39 is 70.4 Å². The number of aliphatic hydroxyl groups is 1. The first-order valence-corrected chi connectivity index (χ1v) is 23.6. The summed E-state index contributed by atoms with van der Waals surface area (Å²) >= 11 is 0. The molecule has 4 aliphatic heterocycles. The van der Waals surface area contributed by atoms with Gasteiger partial charge in [-0.15, -0.1) is 0 Å². The molecule has 4 heterocycles. The molecular formula is C54H52N6O11. The predicted octanol–water partition coefficient (Wildman–Crippen LogP) is 6.78. The summed E-state index contributed by atoms with van der Waals surface area (Å²) < 4.78 is 18.8. The van der Waals surface area contributed by atoms with Crippen molar-refractivity contribution < 1.29 is 48.2 Å². The maximum Gasteiger partial charge on any atom is 0.421 e. The van der Waals surface area contributed by atoms with E-state index >= 15 is 14.4 Å². The number of esters is 1. The molecule has 0 bridgehead atoms. The highest BCUT2D eigenvalue weighted by Gasteiger charge is 2.76. The molecule has 0 radical (unpaired) electrons. The molecule has 0 aliphatic carbocycles. The van der Waals surface area contributed by atoms with Gasteiger partial charge in [-0.05, 0) is 71.5 Å². The molecule has 4 aliphatic rings. The molecule has 5 aromatic carbocycles. The van der Waals surface area contributed by atoms with Crippen molar-refractivity contribution in [3.63, 3.8) is 0 Å². The number of nitro groups is 1. The molecule has 17 heteroatoms. The Bertz CT molecular complexity index is 2880. The number of cyclic esters (lactones) is 1. The number of aliphatic hydroxyl groups excluding tert-OH is 1. The van der Waals surface area contributed by atoms with E-state index in [1.807, 2.05) is 65.6 Å². The summed E-state index contributed by atoms with van der Waals surface area (Å²) in [5.41, 5.74) is 5.78. The quantitative estimate of drug-likeness (QED) is 0.0539. The van der Waals surface area contributed by atoms with Crippen molar-refractivity contribution in [1.82, 2.24) is 15.1 Å². The number of likely N-dealkylation sites (tertiary alicyclic amines) is 1. The Hall–Kier alpha value is -8.07. The number of ether oxygens (including phenoxy) is 3. The lowest BCUT2D eigenvalue weighted by Crippen LogP contribution is -2.56. The Morgan fingerprint density at radius 3 is 2.18 bits per heavy atom. The molecule has 6 unspecified atom stereocenters. The summed E-state index contributed by atoms with van der Waals surface area (Å²) in [6.07, 6.45) is 2.01. The van der Waals surface area contributed by atoms with Gasteiger partial charge in [0, 0.05) is 36.3 Å². The van der Waals surface area contributed by atoms with Gasteiger partial charge in [-0.2, -0.15) is 0 Å². The van der Waals surface area contributed by atoms with Gasteiger partial charge >= 0.3 is 18.1 Å². The predicted molar refractivity (Wildman–Crippen MR) is 258 cm³/mol. The second-order valence-electron chi connectivity index (χ2n) is 17.8. The van der Waals surface area contributed by atoms with E-state index in [-0.39, 0.29) is 49.1 Å². The zero-order chi connectivity index (χ0) is 49.6. The number of nitro benzene ring substituents is 1. The summed E-state index contributed by atoms with van der Waals surface area (Å²) in [5.74, 6) is 2.53. The first-order chi connectivity index (χ1) is 34.5. The van der Waals surface area contributed by atoms with Crippen molar-refractivity contribution in [3.05, 3.63) is 171 Å². The summed E-state index contributed by atoms with van der Waals surface area (Å²) in [5, 5.41) is 24.0. The zero-order valence-electron chi connectivity index (χ0n) is 38.7. The number of urea groups is 1. The summed E-state index contributed by atoms with van der Waals surface area (Å²) in [6, 6.07) is 31.4. The van der Waals surface area contributed by atoms with Crippen LogP contribution in [-0.2, 0) is 35.9 Å². The molecule has 5 amide bonds. The number of anilines is 1. The number of hydrogen-bond donors (Lipinski definition) is 3. The molecule has 71 heavy (non-hydrogen) atoms. The Labute approximate surface area is 409 Å². The fourth-order valence-electron chi connectivity index (χ4n) is 10.8. The minimum atomic E-state index is -2.15. The second-order valence-corrected chi connectivity index (χ2v) is 17.8. The van der Waals surface area contributed by atoms with Crippen LogP contribution in [0.5, 0.6) is 5.75 Å². The number of fused-ring (bicyclic) bond motifs is 3. The van der Waals surface area contributed by atoms with Crippen molar-refractivity contribution in [3.8, 4) is 17.6 Å². The number of carbonyl (C=O) groups is 5. The topological polar surface area (TPSA) is 224 Å². The van der Waals surface area contributed by atoms with Crippen molar-refractivity contribution in [2.75, 3.05) is 37.7 Å². The van der Waals surface area contributed by atoms with Gasteiger partial charge < -0.3 is 35.3 Å². The first-order valence-electron chi connectivity index (χ1n) is 23.6. The highest BCUT2D eigenvalue weighted by Crippen LogP contribution is 2.67. The van der Waals surface area contributed by atoms with Gasteiger partial charge in [-0.25, -0.2) is 14.5 Å². The molecule has 9 rings (SSSR count). The number of nitrogens with zero attached hydrogens (tertiary/aromatic N) is 4. The third kappa shape index (κ3) is 9.15. The van der Waals surface area contributed by atoms with E-state index in [2.05, 4.69) is 17.2 Å². The summed E-state index contributed by atoms with van der Waals surface area (Å²) in [6.45, 7) is -0.297. The molecule has 0 saturated carbocycles. The van der Waals surface area contributed by atoms with E-state index in [1.165, 1.54) is 24.3 Å². The van der Waals surface area contributed by atoms with Crippen molar-refractivity contribution in [2.24, 2.45) is 11.7 Å². The number of para-hydroxylation sites is 1. The fourth-order valence-corrected chi connectivity index (χ4v) is 10.8. The fraction of sp³-hybridized carbons (Fsp3) is 0.315. The maximum atomic E-state index is 16.7. The number of primary amides is 1. The minimum absolute atomic E-state index is 0.0674. The van der Waals surface area contributed by atoms with E-state index in [0.29, 0.717) is 53.7 Å². The number of nitrogens with two attached hydrogens (primary N) is 1. The van der Waals surface area contributed by atoms with Gasteiger partial charge in [0.25, 0.3) is 5.69 Å². The number of benzene rings is 5. The van der Waals surface area contributed by atoms with Gasteiger partial charge in [0.2, 0.25) is 11.8 Å². The van der Waals surface area contributed by atoms with Crippen LogP contribution in [0.15, 0.2) is 127 Å². The van der Waals surface area contributed by atoms with Gasteiger partial charge in [0.05, 0.1) is 41.8 Å². The van der Waals surface area contributed by atoms with Crippen LogP contribution < -0.4 is 20.7 Å². The third-order valence-electron chi connectivity index (χ3n) is 13.7. The van der Waals surface area contributed by atoms with E-state index in [1.54, 1.807) is 47.4 Å². The SMILES string of the molecule is NC(=O)NCC#Cc1ccc2c(c1)C1(C(=O)N2C(=O)OCc2ccc([N+](=O)[O-])cc2)C(C(=O)N2CCCCCCC2)C2C(=O)OC(c3ccccc3)C(c3ccccc3)N2C1c1ccccc1OCCO. The van der Waals surface area contributed by atoms with Gasteiger partial charge in [-0.1, -0.05) is 110 Å². The number of nitrogens with one attached hydrogen (secondary N) is 1. The second kappa shape index (κ2) is 20.9. The lowest BCUT2D eigenvalue weighted by atomic mass is 9.64. The third-order valence-corrected chi connectivity index (χ3v) is 13.7. The number of imide groups is 1. The van der Waals surface area contributed by atoms with E-state index in [0.717, 1.165) is 24.2 Å². The standard InChI is InChI=1S/C54H52N6O11/c55-52(65)56-28-14-15-35-24-27-42-41(33-35)54(51(64)58(42)53(66)70-34-36-22-25-39(26-23-36)60(67)68)44(49(62)57-29-12-2-1-3-13-30-57)46-50(63)71-47(38-18-8-5-9-19-38)45(37-16-6-4-7-17-37)59(46)48(54)40-20-10-11-21-43(40)69-32-31-61/h4-11,16-27,33,44-48,61H,1-3,12-13,28-32,34H2,(H3,55,56,65). The van der Waals surface area contributed by atoms with Gasteiger partial charge in [0.15, 0.2) is 0 Å². The normalized spacial score (nSPS) is 22.7. The van der Waals surface area contributed by atoms with Crippen LogP contribution in [0.2, 0.25) is 0 Å². The van der Waals surface area contributed by atoms with E-state index in [9.17, 15) is 24.8 Å². The molecule has 6 atom stereocenters. The number of rotatable bonds is 11. The van der Waals surface area contributed by atoms with Gasteiger partial charge in [0.1, 0.15) is 36.5 Å². The number of morpholine rings is 1. The molecule has 364 valence electrons.